The lowest BCUT2D eigenvalue weighted by molar-refractivity contribution is 0.281. The van der Waals surface area contributed by atoms with Gasteiger partial charge in [0, 0.05) is 12.4 Å². The molecule has 24 heavy (non-hydrogen) atoms. The highest BCUT2D eigenvalue weighted by Crippen LogP contribution is 2.11. The standard InChI is InChI=1S/C21H38N2O/c1-3-5-7-9-10-11-13-15-17-24-21-22-18-20(19-23-21)16-14-12-8-6-4-2/h18-19H,3-17H2,1-2H3. The van der Waals surface area contributed by atoms with Crippen molar-refractivity contribution >= 4 is 0 Å². The number of aromatic nitrogens is 2. The second-order valence-corrected chi connectivity index (χ2v) is 6.86. The topological polar surface area (TPSA) is 35.0 Å². The van der Waals surface area contributed by atoms with Crippen molar-refractivity contribution in [3.8, 4) is 6.01 Å². The van der Waals surface area contributed by atoms with Crippen molar-refractivity contribution in [2.45, 2.75) is 104 Å². The maximum absolute atomic E-state index is 5.64. The van der Waals surface area contributed by atoms with E-state index in [1.807, 2.05) is 12.4 Å². The van der Waals surface area contributed by atoms with Gasteiger partial charge in [-0.1, -0.05) is 84.5 Å². The Morgan fingerprint density at radius 3 is 1.75 bits per heavy atom. The fourth-order valence-electron chi connectivity index (χ4n) is 2.88. The van der Waals surface area contributed by atoms with Crippen LogP contribution < -0.4 is 4.74 Å². The number of hydrogen-bond acceptors (Lipinski definition) is 3. The van der Waals surface area contributed by atoms with Gasteiger partial charge in [-0.3, -0.25) is 0 Å². The summed E-state index contributed by atoms with van der Waals surface area (Å²) in [4.78, 5) is 8.66. The Kier molecular flexibility index (Phi) is 13.4. The van der Waals surface area contributed by atoms with Gasteiger partial charge < -0.3 is 4.74 Å². The van der Waals surface area contributed by atoms with Crippen LogP contribution in [0.25, 0.3) is 0 Å². The van der Waals surface area contributed by atoms with E-state index in [9.17, 15) is 0 Å². The number of hydrogen-bond donors (Lipinski definition) is 0. The minimum absolute atomic E-state index is 0.535. The number of ether oxygens (including phenoxy) is 1. The lowest BCUT2D eigenvalue weighted by Gasteiger charge is -2.05. The molecule has 0 saturated heterocycles. The summed E-state index contributed by atoms with van der Waals surface area (Å²) < 4.78 is 5.64. The summed E-state index contributed by atoms with van der Waals surface area (Å²) in [5, 5.41) is 0. The molecule has 0 aliphatic heterocycles. The van der Waals surface area contributed by atoms with Crippen LogP contribution in [-0.2, 0) is 6.42 Å². The molecule has 0 unspecified atom stereocenters. The van der Waals surface area contributed by atoms with E-state index in [2.05, 4.69) is 23.8 Å². The van der Waals surface area contributed by atoms with E-state index in [0.29, 0.717) is 6.01 Å². The third-order valence-electron chi connectivity index (χ3n) is 4.48. The van der Waals surface area contributed by atoms with Crippen LogP contribution in [0.1, 0.15) is 103 Å². The Hall–Kier alpha value is -1.12. The Labute approximate surface area is 149 Å². The zero-order valence-electron chi connectivity index (χ0n) is 16.1. The Morgan fingerprint density at radius 1 is 0.667 bits per heavy atom. The number of aryl methyl sites for hydroxylation is 1. The summed E-state index contributed by atoms with van der Waals surface area (Å²) in [6.07, 6.45) is 22.0. The molecule has 3 heteroatoms. The van der Waals surface area contributed by atoms with Crippen LogP contribution in [0.3, 0.4) is 0 Å². The lowest BCUT2D eigenvalue weighted by Crippen LogP contribution is -2.01. The van der Waals surface area contributed by atoms with Crippen LogP contribution in [0.2, 0.25) is 0 Å². The van der Waals surface area contributed by atoms with Crippen molar-refractivity contribution < 1.29 is 4.74 Å². The van der Waals surface area contributed by atoms with Crippen LogP contribution in [-0.4, -0.2) is 16.6 Å². The maximum Gasteiger partial charge on any atom is 0.316 e. The van der Waals surface area contributed by atoms with Crippen LogP contribution in [0.4, 0.5) is 0 Å². The monoisotopic (exact) mass is 334 g/mol. The van der Waals surface area contributed by atoms with E-state index < -0.39 is 0 Å². The molecule has 138 valence electrons. The van der Waals surface area contributed by atoms with Gasteiger partial charge in [-0.05, 0) is 24.8 Å². The molecule has 1 aromatic heterocycles. The summed E-state index contributed by atoms with van der Waals surface area (Å²) in [5.74, 6) is 0. The van der Waals surface area contributed by atoms with E-state index in [4.69, 9.17) is 4.74 Å². The summed E-state index contributed by atoms with van der Waals surface area (Å²) in [5.41, 5.74) is 1.23. The Balaban J connectivity index is 2.00. The number of rotatable bonds is 16. The largest absolute Gasteiger partial charge is 0.463 e. The molecular formula is C21H38N2O. The predicted octanol–water partition coefficient (Wildman–Crippen LogP) is 6.51. The molecule has 0 aliphatic carbocycles. The Bertz CT molecular complexity index is 378. The van der Waals surface area contributed by atoms with Gasteiger partial charge in [0.2, 0.25) is 0 Å². The third-order valence-corrected chi connectivity index (χ3v) is 4.48. The summed E-state index contributed by atoms with van der Waals surface area (Å²) in [6.45, 7) is 5.26. The molecule has 0 N–H and O–H groups in total. The van der Waals surface area contributed by atoms with Crippen molar-refractivity contribution in [3.63, 3.8) is 0 Å². The third kappa shape index (κ3) is 11.4. The average Bonchev–Trinajstić information content (AvgIpc) is 2.61. The smallest absolute Gasteiger partial charge is 0.316 e. The minimum Gasteiger partial charge on any atom is -0.463 e. The quantitative estimate of drug-likeness (QED) is 0.323. The molecule has 1 rings (SSSR count). The van der Waals surface area contributed by atoms with Crippen molar-refractivity contribution in [2.24, 2.45) is 0 Å². The molecule has 0 radical (unpaired) electrons. The number of nitrogens with zero attached hydrogens (tertiary/aromatic N) is 2. The van der Waals surface area contributed by atoms with Gasteiger partial charge in [0.25, 0.3) is 0 Å². The molecule has 0 bridgehead atoms. The highest BCUT2D eigenvalue weighted by Gasteiger charge is 2.00. The lowest BCUT2D eigenvalue weighted by atomic mass is 10.1. The van der Waals surface area contributed by atoms with Crippen molar-refractivity contribution in [1.82, 2.24) is 9.97 Å². The molecule has 0 spiro atoms. The van der Waals surface area contributed by atoms with Crippen LogP contribution in [0.15, 0.2) is 12.4 Å². The van der Waals surface area contributed by atoms with Gasteiger partial charge in [0.1, 0.15) is 0 Å². The summed E-state index contributed by atoms with van der Waals surface area (Å²) >= 11 is 0. The van der Waals surface area contributed by atoms with Gasteiger partial charge in [-0.2, -0.15) is 0 Å². The van der Waals surface area contributed by atoms with Crippen molar-refractivity contribution in [1.29, 1.82) is 0 Å². The first kappa shape index (κ1) is 20.9. The molecular weight excluding hydrogens is 296 g/mol. The predicted molar refractivity (Wildman–Crippen MR) is 103 cm³/mol. The molecule has 3 nitrogen and oxygen atoms in total. The van der Waals surface area contributed by atoms with Gasteiger partial charge in [0.15, 0.2) is 0 Å². The first-order valence-corrected chi connectivity index (χ1v) is 10.3. The van der Waals surface area contributed by atoms with Crippen LogP contribution >= 0.6 is 0 Å². The molecule has 1 aromatic rings. The minimum atomic E-state index is 0.535. The Morgan fingerprint density at radius 2 is 1.17 bits per heavy atom. The highest BCUT2D eigenvalue weighted by atomic mass is 16.5. The van der Waals surface area contributed by atoms with E-state index in [1.54, 1.807) is 0 Å². The number of unbranched alkanes of at least 4 members (excludes halogenated alkanes) is 11. The van der Waals surface area contributed by atoms with Gasteiger partial charge in [0.05, 0.1) is 6.61 Å². The van der Waals surface area contributed by atoms with E-state index >= 15 is 0 Å². The van der Waals surface area contributed by atoms with Crippen LogP contribution in [0, 0.1) is 0 Å². The molecule has 0 aromatic carbocycles. The van der Waals surface area contributed by atoms with E-state index in [0.717, 1.165) is 19.4 Å². The van der Waals surface area contributed by atoms with Crippen molar-refractivity contribution in [3.05, 3.63) is 18.0 Å². The highest BCUT2D eigenvalue weighted by molar-refractivity contribution is 5.07. The second kappa shape index (κ2) is 15.4. The van der Waals surface area contributed by atoms with Gasteiger partial charge in [-0.15, -0.1) is 0 Å². The van der Waals surface area contributed by atoms with Gasteiger partial charge in [-0.25, -0.2) is 9.97 Å². The fraction of sp³-hybridized carbons (Fsp3) is 0.810. The first-order chi connectivity index (χ1) is 11.9. The fourth-order valence-corrected chi connectivity index (χ4v) is 2.88. The normalized spacial score (nSPS) is 10.9. The average molecular weight is 335 g/mol. The molecule has 0 amide bonds. The van der Waals surface area contributed by atoms with Gasteiger partial charge >= 0.3 is 6.01 Å². The summed E-state index contributed by atoms with van der Waals surface area (Å²) in [6, 6.07) is 0.535. The van der Waals surface area contributed by atoms with Crippen LogP contribution in [0.5, 0.6) is 6.01 Å². The summed E-state index contributed by atoms with van der Waals surface area (Å²) in [7, 11) is 0. The second-order valence-electron chi connectivity index (χ2n) is 6.86. The molecule has 1 heterocycles. The zero-order chi connectivity index (χ0) is 17.3. The zero-order valence-corrected chi connectivity index (χ0v) is 16.1. The maximum atomic E-state index is 5.64. The van der Waals surface area contributed by atoms with E-state index in [1.165, 1.54) is 82.6 Å². The first-order valence-electron chi connectivity index (χ1n) is 10.3. The molecule has 0 fully saturated rings. The molecule has 0 saturated carbocycles. The SMILES string of the molecule is CCCCCCCCCCOc1ncc(CCCCCCC)cn1. The van der Waals surface area contributed by atoms with E-state index in [-0.39, 0.29) is 0 Å². The van der Waals surface area contributed by atoms with Crippen molar-refractivity contribution in [2.75, 3.05) is 6.61 Å². The molecule has 0 atom stereocenters. The molecule has 0 aliphatic rings.